The Kier molecular flexibility index (Phi) is 6.55. The third-order valence-electron chi connectivity index (χ3n) is 6.80. The molecule has 1 atom stereocenters. The largest absolute Gasteiger partial charge is 0.493 e. The van der Waals surface area contributed by atoms with Crippen molar-refractivity contribution in [2.45, 2.75) is 32.4 Å². The molecular formula is C28H28N6O3S. The first kappa shape index (κ1) is 24.2. The number of rotatable bonds is 3. The molecular weight excluding hydrogens is 500 g/mol. The zero-order valence-electron chi connectivity index (χ0n) is 21.3. The lowest BCUT2D eigenvalue weighted by Gasteiger charge is -2.28. The van der Waals surface area contributed by atoms with Crippen LogP contribution in [0.1, 0.15) is 41.3 Å². The summed E-state index contributed by atoms with van der Waals surface area (Å²) >= 11 is 1.51. The SMILES string of the molecule is COc1ccc2cc1OCCn1nc(-c3ccccc3)nc1[C@@H](C)N(C(=O)c1cn3ccsc3n1)CCC2. The zero-order valence-corrected chi connectivity index (χ0v) is 22.1. The van der Waals surface area contributed by atoms with E-state index in [2.05, 4.69) is 4.98 Å². The topological polar surface area (TPSA) is 86.8 Å². The fourth-order valence-corrected chi connectivity index (χ4v) is 5.51. The smallest absolute Gasteiger partial charge is 0.274 e. The molecule has 10 heteroatoms. The van der Waals surface area contributed by atoms with E-state index in [-0.39, 0.29) is 11.9 Å². The number of ether oxygens (including phenoxy) is 2. The number of thiazole rings is 1. The number of nitrogens with zero attached hydrogens (tertiary/aromatic N) is 6. The lowest BCUT2D eigenvalue weighted by Crippen LogP contribution is -2.36. The van der Waals surface area contributed by atoms with Crippen LogP contribution in [-0.4, -0.2) is 55.2 Å². The third-order valence-corrected chi connectivity index (χ3v) is 7.57. The number of hydrogen-bond donors (Lipinski definition) is 0. The summed E-state index contributed by atoms with van der Waals surface area (Å²) in [4.78, 5) is 26.0. The van der Waals surface area contributed by atoms with Gasteiger partial charge in [0.05, 0.1) is 19.7 Å². The number of imidazole rings is 1. The van der Waals surface area contributed by atoms with Crippen LogP contribution in [0.4, 0.5) is 0 Å². The second-order valence-corrected chi connectivity index (χ2v) is 10.1. The van der Waals surface area contributed by atoms with E-state index in [1.807, 2.05) is 81.0 Å². The van der Waals surface area contributed by atoms with Crippen molar-refractivity contribution in [2.24, 2.45) is 0 Å². The summed E-state index contributed by atoms with van der Waals surface area (Å²) in [6, 6.07) is 15.5. The van der Waals surface area contributed by atoms with E-state index in [9.17, 15) is 4.79 Å². The molecule has 0 N–H and O–H groups in total. The van der Waals surface area contributed by atoms with Gasteiger partial charge in [-0.25, -0.2) is 14.6 Å². The first-order valence-electron chi connectivity index (χ1n) is 12.6. The van der Waals surface area contributed by atoms with Crippen LogP contribution in [0.3, 0.4) is 0 Å². The summed E-state index contributed by atoms with van der Waals surface area (Å²) in [5.74, 6) is 2.60. The molecule has 38 heavy (non-hydrogen) atoms. The highest BCUT2D eigenvalue weighted by atomic mass is 32.1. The van der Waals surface area contributed by atoms with E-state index in [1.54, 1.807) is 13.3 Å². The van der Waals surface area contributed by atoms with Gasteiger partial charge in [0.15, 0.2) is 22.3 Å². The van der Waals surface area contributed by atoms with Crippen LogP contribution in [0.15, 0.2) is 66.3 Å². The van der Waals surface area contributed by atoms with E-state index in [4.69, 9.17) is 19.6 Å². The van der Waals surface area contributed by atoms with Crippen molar-refractivity contribution in [2.75, 3.05) is 20.3 Å². The highest BCUT2D eigenvalue weighted by molar-refractivity contribution is 7.15. The van der Waals surface area contributed by atoms with Gasteiger partial charge in [-0.15, -0.1) is 11.3 Å². The van der Waals surface area contributed by atoms with Crippen LogP contribution in [0.2, 0.25) is 0 Å². The van der Waals surface area contributed by atoms with E-state index >= 15 is 0 Å². The second kappa shape index (κ2) is 10.3. The number of fused-ring (bicyclic) bond motifs is 4. The molecule has 0 aliphatic carbocycles. The second-order valence-electron chi connectivity index (χ2n) is 9.21. The summed E-state index contributed by atoms with van der Waals surface area (Å²) in [5, 5.41) is 6.78. The van der Waals surface area contributed by atoms with Crippen LogP contribution < -0.4 is 9.47 Å². The van der Waals surface area contributed by atoms with Gasteiger partial charge in [-0.2, -0.15) is 5.10 Å². The molecule has 3 aromatic heterocycles. The minimum Gasteiger partial charge on any atom is -0.493 e. The molecule has 5 aromatic rings. The Labute approximate surface area is 224 Å². The predicted molar refractivity (Wildman–Crippen MR) is 145 cm³/mol. The van der Waals surface area contributed by atoms with Gasteiger partial charge >= 0.3 is 0 Å². The van der Waals surface area contributed by atoms with Crippen LogP contribution in [0, 0.1) is 0 Å². The normalized spacial score (nSPS) is 16.2. The Morgan fingerprint density at radius 1 is 1.13 bits per heavy atom. The molecule has 6 rings (SSSR count). The monoisotopic (exact) mass is 528 g/mol. The number of carbonyl (C=O) groups excluding carboxylic acids is 1. The van der Waals surface area contributed by atoms with E-state index in [1.165, 1.54) is 11.3 Å². The molecule has 4 heterocycles. The van der Waals surface area contributed by atoms with Gasteiger partial charge < -0.3 is 14.4 Å². The number of amides is 1. The number of carbonyl (C=O) groups is 1. The Hall–Kier alpha value is -4.18. The summed E-state index contributed by atoms with van der Waals surface area (Å²) in [7, 11) is 1.64. The van der Waals surface area contributed by atoms with Crippen molar-refractivity contribution >= 4 is 22.2 Å². The highest BCUT2D eigenvalue weighted by Crippen LogP contribution is 2.30. The zero-order chi connectivity index (χ0) is 26.1. The van der Waals surface area contributed by atoms with Crippen LogP contribution in [-0.2, 0) is 13.0 Å². The molecule has 2 bridgehead atoms. The van der Waals surface area contributed by atoms with Gasteiger partial charge in [-0.1, -0.05) is 36.4 Å². The fourth-order valence-electron chi connectivity index (χ4n) is 4.81. The molecule has 2 aromatic carbocycles. The first-order chi connectivity index (χ1) is 18.6. The Morgan fingerprint density at radius 2 is 2.00 bits per heavy atom. The number of aromatic nitrogens is 5. The molecule has 0 saturated carbocycles. The molecule has 1 aliphatic heterocycles. The van der Waals surface area contributed by atoms with E-state index in [0.717, 1.165) is 28.9 Å². The third kappa shape index (κ3) is 4.63. The highest BCUT2D eigenvalue weighted by Gasteiger charge is 2.29. The van der Waals surface area contributed by atoms with Gasteiger partial charge in [0.25, 0.3) is 5.91 Å². The van der Waals surface area contributed by atoms with Gasteiger partial charge in [0.2, 0.25) is 0 Å². The lowest BCUT2D eigenvalue weighted by molar-refractivity contribution is 0.0670. The minimum absolute atomic E-state index is 0.120. The lowest BCUT2D eigenvalue weighted by atomic mass is 10.1. The number of aryl methyl sites for hydroxylation is 1. The molecule has 0 fully saturated rings. The van der Waals surface area contributed by atoms with Gasteiger partial charge in [0, 0.05) is 29.9 Å². The molecule has 0 radical (unpaired) electrons. The van der Waals surface area contributed by atoms with Crippen molar-refractivity contribution in [3.8, 4) is 22.9 Å². The number of methoxy groups -OCH3 is 1. The maximum atomic E-state index is 13.9. The van der Waals surface area contributed by atoms with Crippen molar-refractivity contribution in [1.29, 1.82) is 0 Å². The number of hydrogen-bond acceptors (Lipinski definition) is 7. The van der Waals surface area contributed by atoms with Crippen molar-refractivity contribution in [3.63, 3.8) is 0 Å². The Bertz CT molecular complexity index is 1550. The molecule has 0 spiro atoms. The van der Waals surface area contributed by atoms with Gasteiger partial charge in [-0.05, 0) is 37.5 Å². The summed E-state index contributed by atoms with van der Waals surface area (Å²) in [6.07, 6.45) is 5.27. The standard InChI is InChI=1S/C28H28N6O3S/c1-19-26-30-25(21-8-4-3-5-9-21)31-34(26)13-15-37-24-17-20(10-11-23(24)36-2)7-6-12-33(19)27(35)22-18-32-14-16-38-28(32)29-22/h3-5,8-11,14,16-19H,6-7,12-13,15H2,1-2H3/t19-/m1/s1. The summed E-state index contributed by atoms with van der Waals surface area (Å²) in [5.41, 5.74) is 2.48. The average molecular weight is 529 g/mol. The van der Waals surface area contributed by atoms with Crippen LogP contribution in [0.25, 0.3) is 16.3 Å². The van der Waals surface area contributed by atoms with Crippen molar-refractivity contribution in [1.82, 2.24) is 29.0 Å². The van der Waals surface area contributed by atoms with Gasteiger partial charge in [0.1, 0.15) is 18.1 Å². The van der Waals surface area contributed by atoms with Crippen LogP contribution in [0.5, 0.6) is 11.5 Å². The van der Waals surface area contributed by atoms with Crippen molar-refractivity contribution < 1.29 is 14.3 Å². The first-order valence-corrected chi connectivity index (χ1v) is 13.5. The predicted octanol–water partition coefficient (Wildman–Crippen LogP) is 4.89. The van der Waals surface area contributed by atoms with E-state index < -0.39 is 0 Å². The molecule has 194 valence electrons. The Balaban J connectivity index is 1.40. The van der Waals surface area contributed by atoms with Gasteiger partial charge in [-0.3, -0.25) is 9.20 Å². The molecule has 9 nitrogen and oxygen atoms in total. The van der Waals surface area contributed by atoms with Crippen molar-refractivity contribution in [3.05, 3.63) is 83.4 Å². The summed E-state index contributed by atoms with van der Waals surface area (Å²) in [6.45, 7) is 3.40. The Morgan fingerprint density at radius 3 is 2.82 bits per heavy atom. The van der Waals surface area contributed by atoms with Crippen LogP contribution >= 0.6 is 11.3 Å². The quantitative estimate of drug-likeness (QED) is 0.331. The molecule has 1 aliphatic rings. The maximum absolute atomic E-state index is 13.9. The summed E-state index contributed by atoms with van der Waals surface area (Å²) < 4.78 is 15.4. The minimum atomic E-state index is -0.328. The van der Waals surface area contributed by atoms with E-state index in [0.29, 0.717) is 48.5 Å². The maximum Gasteiger partial charge on any atom is 0.274 e. The molecule has 0 unspecified atom stereocenters. The number of benzene rings is 2. The average Bonchev–Trinajstić information content (AvgIpc) is 3.66. The molecule has 0 saturated heterocycles. The fraction of sp³-hybridized carbons (Fsp3) is 0.286. The molecule has 1 amide bonds.